The van der Waals surface area contributed by atoms with E-state index in [2.05, 4.69) is 25.9 Å². The van der Waals surface area contributed by atoms with Gasteiger partial charge in [-0.15, -0.1) is 0 Å². The Balaban J connectivity index is 1.25. The molecule has 6 rings (SSSR count). The van der Waals surface area contributed by atoms with E-state index in [0.717, 1.165) is 17.5 Å². The first-order chi connectivity index (χ1) is 24.2. The number of aliphatic hydroxyl groups excluding tert-OH is 1. The predicted molar refractivity (Wildman–Crippen MR) is 190 cm³/mol. The quantitative estimate of drug-likeness (QED) is 0.119. The molecule has 1 saturated heterocycles. The van der Waals surface area contributed by atoms with Gasteiger partial charge in [0, 0.05) is 77.9 Å². The van der Waals surface area contributed by atoms with Crippen molar-refractivity contribution in [3.63, 3.8) is 0 Å². The first-order valence-electron chi connectivity index (χ1n) is 15.9. The SMILES string of the molecule is COc1nc(-c2cccc(-c3cccc(-c4ccn5c(=O)c(CNC[C@H]6CCC(=O)N6)cnc5c4)c3Cl)c2Cl)ccc1CN[C@@H](CO)C(=O)O. The number of pyridine rings is 2. The fourth-order valence-electron chi connectivity index (χ4n) is 5.91. The standard InChI is InChI=1S/C36H34Cl2N6O6/c1-50-34-21(16-40-29(19-45)36(48)49)8-10-28(43-34)27-7-3-6-26(33(27)38)25-5-2-4-24(32(25)37)20-12-13-44-30(14-20)41-17-22(35(44)47)15-39-18-23-9-11-31(46)42-23/h2-8,10,12-14,17,23,29,39-40,45H,9,11,15-16,18-19H2,1H3,(H,42,46)(H,48,49)/t23-,29+/m1/s1. The molecule has 0 bridgehead atoms. The number of halogens is 2. The number of carbonyl (C=O) groups is 2. The van der Waals surface area contributed by atoms with Crippen molar-refractivity contribution in [3.05, 3.63) is 105 Å². The molecule has 0 spiro atoms. The average Bonchev–Trinajstić information content (AvgIpc) is 3.54. The molecule has 258 valence electrons. The number of methoxy groups -OCH3 is 1. The van der Waals surface area contributed by atoms with Gasteiger partial charge in [0.25, 0.3) is 5.56 Å². The Hall–Kier alpha value is -4.85. The molecule has 1 aliphatic heterocycles. The van der Waals surface area contributed by atoms with Crippen molar-refractivity contribution in [1.29, 1.82) is 0 Å². The molecule has 0 radical (unpaired) electrons. The number of ether oxygens (including phenoxy) is 1. The number of aromatic nitrogens is 3. The summed E-state index contributed by atoms with van der Waals surface area (Å²) in [6.07, 6.45) is 4.55. The molecule has 1 aliphatic rings. The molecule has 12 nitrogen and oxygen atoms in total. The summed E-state index contributed by atoms with van der Waals surface area (Å²) in [6.45, 7) is 0.463. The van der Waals surface area contributed by atoms with Crippen molar-refractivity contribution in [1.82, 2.24) is 30.3 Å². The number of rotatable bonds is 13. The van der Waals surface area contributed by atoms with Crippen LogP contribution in [0.1, 0.15) is 24.0 Å². The lowest BCUT2D eigenvalue weighted by atomic mass is 9.97. The van der Waals surface area contributed by atoms with Crippen LogP contribution in [0.15, 0.2) is 77.9 Å². The van der Waals surface area contributed by atoms with Crippen LogP contribution >= 0.6 is 23.2 Å². The lowest BCUT2D eigenvalue weighted by molar-refractivity contribution is -0.140. The maximum absolute atomic E-state index is 13.2. The van der Waals surface area contributed by atoms with Gasteiger partial charge in [0.1, 0.15) is 11.7 Å². The number of carboxylic acid groups (broad SMARTS) is 1. The van der Waals surface area contributed by atoms with Gasteiger partial charge >= 0.3 is 5.97 Å². The van der Waals surface area contributed by atoms with Crippen molar-refractivity contribution < 1.29 is 24.5 Å². The first kappa shape index (κ1) is 35.0. The maximum atomic E-state index is 13.2. The lowest BCUT2D eigenvalue weighted by Crippen LogP contribution is -2.39. The molecule has 14 heteroatoms. The molecule has 5 N–H and O–H groups in total. The van der Waals surface area contributed by atoms with Gasteiger partial charge in [-0.25, -0.2) is 9.97 Å². The highest BCUT2D eigenvalue weighted by Crippen LogP contribution is 2.42. The van der Waals surface area contributed by atoms with Crippen molar-refractivity contribution in [2.45, 2.75) is 38.0 Å². The molecule has 2 atom stereocenters. The van der Waals surface area contributed by atoms with Crippen LogP contribution in [0.5, 0.6) is 5.88 Å². The fraction of sp³-hybridized carbons (Fsp3) is 0.250. The number of hydrogen-bond acceptors (Lipinski definition) is 9. The third-order valence-corrected chi connectivity index (χ3v) is 9.41. The number of fused-ring (bicyclic) bond motifs is 1. The van der Waals surface area contributed by atoms with E-state index in [1.165, 1.54) is 11.5 Å². The summed E-state index contributed by atoms with van der Waals surface area (Å²) in [6, 6.07) is 17.3. The number of amides is 1. The molecular weight excluding hydrogens is 683 g/mol. The van der Waals surface area contributed by atoms with E-state index in [0.29, 0.717) is 68.7 Å². The molecular formula is C36H34Cl2N6O6. The van der Waals surface area contributed by atoms with Crippen LogP contribution in [0.25, 0.3) is 39.2 Å². The Kier molecular flexibility index (Phi) is 10.8. The summed E-state index contributed by atoms with van der Waals surface area (Å²) in [5, 5.41) is 28.3. The predicted octanol–water partition coefficient (Wildman–Crippen LogP) is 4.31. The number of carboxylic acids is 1. The van der Waals surface area contributed by atoms with E-state index < -0.39 is 18.6 Å². The Morgan fingerprint density at radius 3 is 2.42 bits per heavy atom. The van der Waals surface area contributed by atoms with E-state index in [4.69, 9.17) is 27.9 Å². The van der Waals surface area contributed by atoms with E-state index in [-0.39, 0.29) is 29.9 Å². The molecule has 5 aromatic rings. The van der Waals surface area contributed by atoms with Crippen LogP contribution < -0.4 is 26.2 Å². The molecule has 3 aromatic heterocycles. The smallest absolute Gasteiger partial charge is 0.323 e. The fourth-order valence-corrected chi connectivity index (χ4v) is 6.57. The second-order valence-electron chi connectivity index (χ2n) is 11.8. The van der Waals surface area contributed by atoms with Crippen LogP contribution in [0.4, 0.5) is 0 Å². The van der Waals surface area contributed by atoms with Crippen molar-refractivity contribution >= 4 is 40.7 Å². The van der Waals surface area contributed by atoms with Crippen LogP contribution in [-0.4, -0.2) is 68.8 Å². The van der Waals surface area contributed by atoms with Crippen molar-refractivity contribution in [2.75, 3.05) is 20.3 Å². The van der Waals surface area contributed by atoms with Gasteiger partial charge in [-0.1, -0.05) is 65.7 Å². The minimum absolute atomic E-state index is 0.0486. The number of nitrogens with zero attached hydrogens (tertiary/aromatic N) is 3. The number of hydrogen-bond donors (Lipinski definition) is 5. The van der Waals surface area contributed by atoms with Gasteiger partial charge in [-0.2, -0.15) is 0 Å². The monoisotopic (exact) mass is 716 g/mol. The number of aliphatic hydroxyl groups is 1. The summed E-state index contributed by atoms with van der Waals surface area (Å²) < 4.78 is 6.98. The summed E-state index contributed by atoms with van der Waals surface area (Å²) in [7, 11) is 1.47. The zero-order valence-corrected chi connectivity index (χ0v) is 28.5. The number of nitrogens with one attached hydrogen (secondary N) is 3. The van der Waals surface area contributed by atoms with Crippen LogP contribution in [0.3, 0.4) is 0 Å². The molecule has 2 aromatic carbocycles. The highest BCUT2D eigenvalue weighted by atomic mass is 35.5. The highest BCUT2D eigenvalue weighted by molar-refractivity contribution is 6.39. The minimum atomic E-state index is -1.17. The first-order valence-corrected chi connectivity index (χ1v) is 16.6. The zero-order valence-electron chi connectivity index (χ0n) is 27.0. The second kappa shape index (κ2) is 15.4. The van der Waals surface area contributed by atoms with E-state index >= 15 is 0 Å². The normalized spacial score (nSPS) is 14.9. The third kappa shape index (κ3) is 7.35. The lowest BCUT2D eigenvalue weighted by Gasteiger charge is -2.16. The minimum Gasteiger partial charge on any atom is -0.481 e. The molecule has 50 heavy (non-hydrogen) atoms. The molecule has 0 aliphatic carbocycles. The Morgan fingerprint density at radius 2 is 1.74 bits per heavy atom. The number of aliphatic carboxylic acids is 1. The van der Waals surface area contributed by atoms with Crippen LogP contribution in [0.2, 0.25) is 10.0 Å². The summed E-state index contributed by atoms with van der Waals surface area (Å²) in [5.41, 5.74) is 5.44. The van der Waals surface area contributed by atoms with Gasteiger partial charge in [-0.3, -0.25) is 24.1 Å². The van der Waals surface area contributed by atoms with Gasteiger partial charge < -0.3 is 25.6 Å². The van der Waals surface area contributed by atoms with E-state index in [1.807, 2.05) is 48.5 Å². The van der Waals surface area contributed by atoms with E-state index in [1.54, 1.807) is 24.5 Å². The summed E-state index contributed by atoms with van der Waals surface area (Å²) in [4.78, 5) is 45.1. The molecule has 4 heterocycles. The Labute approximate surface area is 297 Å². The van der Waals surface area contributed by atoms with Gasteiger partial charge in [0.15, 0.2) is 0 Å². The van der Waals surface area contributed by atoms with Crippen LogP contribution in [-0.2, 0) is 22.7 Å². The Morgan fingerprint density at radius 1 is 1.02 bits per heavy atom. The highest BCUT2D eigenvalue weighted by Gasteiger charge is 2.21. The average molecular weight is 718 g/mol. The van der Waals surface area contributed by atoms with Crippen molar-refractivity contribution in [3.8, 4) is 39.4 Å². The largest absolute Gasteiger partial charge is 0.481 e. The zero-order chi connectivity index (χ0) is 35.4. The third-order valence-electron chi connectivity index (χ3n) is 8.60. The van der Waals surface area contributed by atoms with E-state index in [9.17, 15) is 24.6 Å². The Bertz CT molecular complexity index is 2140. The second-order valence-corrected chi connectivity index (χ2v) is 12.6. The van der Waals surface area contributed by atoms with Gasteiger partial charge in [0.2, 0.25) is 11.8 Å². The molecule has 1 fully saturated rings. The number of carbonyl (C=O) groups excluding carboxylic acids is 1. The summed E-state index contributed by atoms with van der Waals surface area (Å²) >= 11 is 14.1. The maximum Gasteiger partial charge on any atom is 0.323 e. The topological polar surface area (TPSA) is 167 Å². The molecule has 1 amide bonds. The molecule has 0 unspecified atom stereocenters. The molecule has 0 saturated carbocycles. The van der Waals surface area contributed by atoms with Gasteiger partial charge in [-0.05, 0) is 30.2 Å². The number of benzene rings is 2. The van der Waals surface area contributed by atoms with Crippen LogP contribution in [0, 0.1) is 0 Å². The van der Waals surface area contributed by atoms with Gasteiger partial charge in [0.05, 0.1) is 29.5 Å². The summed E-state index contributed by atoms with van der Waals surface area (Å²) in [5.74, 6) is -0.834. The van der Waals surface area contributed by atoms with Crippen molar-refractivity contribution in [2.24, 2.45) is 0 Å².